The number of hydrogen-bond donors (Lipinski definition) is 1. The van der Waals surface area contributed by atoms with Crippen LogP contribution in [0.25, 0.3) is 0 Å². The molecule has 1 N–H and O–H groups in total. The third-order valence-corrected chi connectivity index (χ3v) is 4.06. The molecule has 6 heteroatoms. The molecule has 0 saturated carbocycles. The van der Waals surface area contributed by atoms with Gasteiger partial charge in [0, 0.05) is 39.0 Å². The molecule has 0 bridgehead atoms. The number of morpholine rings is 1. The van der Waals surface area contributed by atoms with Crippen molar-refractivity contribution in [3.8, 4) is 0 Å². The van der Waals surface area contributed by atoms with E-state index in [2.05, 4.69) is 10.2 Å². The number of para-hydroxylation sites is 2. The Balaban J connectivity index is 2.12. The monoisotopic (exact) mass is 333 g/mol. The van der Waals surface area contributed by atoms with Crippen molar-refractivity contribution in [3.63, 3.8) is 0 Å². The second kappa shape index (κ2) is 8.68. The van der Waals surface area contributed by atoms with Gasteiger partial charge in [0.15, 0.2) is 0 Å². The van der Waals surface area contributed by atoms with Crippen molar-refractivity contribution < 1.29 is 14.3 Å². The Morgan fingerprint density at radius 1 is 1.25 bits per heavy atom. The van der Waals surface area contributed by atoms with E-state index in [1.54, 1.807) is 11.8 Å². The zero-order valence-corrected chi connectivity index (χ0v) is 14.7. The Kier molecular flexibility index (Phi) is 6.61. The van der Waals surface area contributed by atoms with Crippen LogP contribution >= 0.6 is 0 Å². The molecule has 24 heavy (non-hydrogen) atoms. The van der Waals surface area contributed by atoms with Crippen molar-refractivity contribution in [1.82, 2.24) is 5.32 Å². The van der Waals surface area contributed by atoms with Gasteiger partial charge in [-0.25, -0.2) is 0 Å². The summed E-state index contributed by atoms with van der Waals surface area (Å²) in [5.74, 6) is -0.0918. The fourth-order valence-corrected chi connectivity index (χ4v) is 2.71. The van der Waals surface area contributed by atoms with Gasteiger partial charge in [-0.3, -0.25) is 9.59 Å². The molecule has 2 amide bonds. The topological polar surface area (TPSA) is 61.9 Å². The number of ether oxygens (including phenoxy) is 1. The molecule has 0 atom stereocenters. The fourth-order valence-electron chi connectivity index (χ4n) is 2.71. The van der Waals surface area contributed by atoms with E-state index >= 15 is 0 Å². The van der Waals surface area contributed by atoms with Crippen LogP contribution in [0, 0.1) is 5.92 Å². The summed E-state index contributed by atoms with van der Waals surface area (Å²) in [5, 5.41) is 2.87. The third-order valence-electron chi connectivity index (χ3n) is 4.06. The Bertz CT molecular complexity index is 568. The van der Waals surface area contributed by atoms with Crippen molar-refractivity contribution in [3.05, 3.63) is 24.3 Å². The van der Waals surface area contributed by atoms with Gasteiger partial charge < -0.3 is 19.9 Å². The van der Waals surface area contributed by atoms with E-state index in [1.165, 1.54) is 0 Å². The minimum absolute atomic E-state index is 0.0000311. The summed E-state index contributed by atoms with van der Waals surface area (Å²) >= 11 is 0. The van der Waals surface area contributed by atoms with Crippen molar-refractivity contribution >= 4 is 23.2 Å². The molecular formula is C18H27N3O3. The van der Waals surface area contributed by atoms with Gasteiger partial charge in [0.1, 0.15) is 0 Å². The van der Waals surface area contributed by atoms with Crippen LogP contribution in [-0.2, 0) is 14.3 Å². The van der Waals surface area contributed by atoms with Crippen molar-refractivity contribution in [1.29, 1.82) is 0 Å². The average molecular weight is 333 g/mol. The van der Waals surface area contributed by atoms with Crippen LogP contribution in [-0.4, -0.2) is 51.2 Å². The van der Waals surface area contributed by atoms with Crippen LogP contribution in [0.15, 0.2) is 24.3 Å². The first-order valence-electron chi connectivity index (χ1n) is 8.48. The number of nitrogens with one attached hydrogen (secondary N) is 1. The summed E-state index contributed by atoms with van der Waals surface area (Å²) in [6, 6.07) is 7.90. The number of hydrogen-bond acceptors (Lipinski definition) is 4. The SMILES string of the molecule is CC(=O)N(CCNC(=O)C(C)C)c1ccccc1N1CCOCC1. The lowest BCUT2D eigenvalue weighted by Crippen LogP contribution is -2.41. The average Bonchev–Trinajstić information content (AvgIpc) is 2.59. The molecule has 1 saturated heterocycles. The van der Waals surface area contributed by atoms with E-state index in [9.17, 15) is 9.59 Å². The first kappa shape index (κ1) is 18.3. The van der Waals surface area contributed by atoms with Crippen LogP contribution in [0.3, 0.4) is 0 Å². The number of carbonyl (C=O) groups is 2. The van der Waals surface area contributed by atoms with E-state index in [0.717, 1.165) is 24.5 Å². The Hall–Kier alpha value is -2.08. The van der Waals surface area contributed by atoms with Crippen LogP contribution < -0.4 is 15.1 Å². The summed E-state index contributed by atoms with van der Waals surface area (Å²) in [5.41, 5.74) is 1.91. The molecule has 0 aliphatic carbocycles. The molecule has 1 aliphatic rings. The lowest BCUT2D eigenvalue weighted by molar-refractivity contribution is -0.124. The third kappa shape index (κ3) is 4.71. The molecule has 0 spiro atoms. The minimum atomic E-state index is -0.0589. The molecule has 1 aliphatic heterocycles. The maximum atomic E-state index is 12.2. The maximum absolute atomic E-state index is 12.2. The van der Waals surface area contributed by atoms with E-state index < -0.39 is 0 Å². The van der Waals surface area contributed by atoms with E-state index in [-0.39, 0.29) is 17.7 Å². The molecule has 2 rings (SSSR count). The number of benzene rings is 1. The first-order chi connectivity index (χ1) is 11.5. The predicted molar refractivity (Wildman–Crippen MR) is 95.3 cm³/mol. The summed E-state index contributed by atoms with van der Waals surface area (Å²) < 4.78 is 5.41. The second-order valence-corrected chi connectivity index (χ2v) is 6.20. The molecule has 1 fully saturated rings. The van der Waals surface area contributed by atoms with E-state index in [4.69, 9.17) is 4.74 Å². The van der Waals surface area contributed by atoms with Crippen molar-refractivity contribution in [2.45, 2.75) is 20.8 Å². The standard InChI is InChI=1S/C18H27N3O3/c1-14(2)18(23)19-8-9-21(15(3)22)17-7-5-4-6-16(17)20-10-12-24-13-11-20/h4-7,14H,8-13H2,1-3H3,(H,19,23). The predicted octanol–water partition coefficient (Wildman–Crippen LogP) is 1.65. The Labute approximate surface area is 143 Å². The molecule has 6 nitrogen and oxygen atoms in total. The van der Waals surface area contributed by atoms with Crippen LogP contribution in [0.2, 0.25) is 0 Å². The minimum Gasteiger partial charge on any atom is -0.378 e. The van der Waals surface area contributed by atoms with Crippen molar-refractivity contribution in [2.24, 2.45) is 5.92 Å². The normalized spacial score (nSPS) is 14.6. The van der Waals surface area contributed by atoms with E-state index in [0.29, 0.717) is 26.3 Å². The molecular weight excluding hydrogens is 306 g/mol. The van der Waals surface area contributed by atoms with Gasteiger partial charge in [0.05, 0.1) is 24.6 Å². The highest BCUT2D eigenvalue weighted by molar-refractivity contribution is 5.95. The number of amides is 2. The van der Waals surface area contributed by atoms with Gasteiger partial charge in [-0.2, -0.15) is 0 Å². The highest BCUT2D eigenvalue weighted by atomic mass is 16.5. The zero-order valence-electron chi connectivity index (χ0n) is 14.7. The second-order valence-electron chi connectivity index (χ2n) is 6.20. The molecule has 132 valence electrons. The highest BCUT2D eigenvalue weighted by Crippen LogP contribution is 2.29. The zero-order chi connectivity index (χ0) is 17.5. The van der Waals surface area contributed by atoms with Crippen molar-refractivity contribution in [2.75, 3.05) is 49.2 Å². The molecule has 0 unspecified atom stereocenters. The molecule has 0 aromatic heterocycles. The number of anilines is 2. The Morgan fingerprint density at radius 2 is 1.92 bits per heavy atom. The summed E-state index contributed by atoms with van der Waals surface area (Å²) in [7, 11) is 0. The van der Waals surface area contributed by atoms with E-state index in [1.807, 2.05) is 38.1 Å². The largest absolute Gasteiger partial charge is 0.378 e. The van der Waals surface area contributed by atoms with Gasteiger partial charge in [0.25, 0.3) is 0 Å². The van der Waals surface area contributed by atoms with Gasteiger partial charge in [-0.1, -0.05) is 26.0 Å². The molecule has 0 radical (unpaired) electrons. The quantitative estimate of drug-likeness (QED) is 0.860. The van der Waals surface area contributed by atoms with Crippen LogP contribution in [0.4, 0.5) is 11.4 Å². The van der Waals surface area contributed by atoms with Gasteiger partial charge in [-0.15, -0.1) is 0 Å². The van der Waals surface area contributed by atoms with Gasteiger partial charge in [0.2, 0.25) is 11.8 Å². The van der Waals surface area contributed by atoms with Gasteiger partial charge >= 0.3 is 0 Å². The smallest absolute Gasteiger partial charge is 0.223 e. The first-order valence-corrected chi connectivity index (χ1v) is 8.48. The summed E-state index contributed by atoms with van der Waals surface area (Å²) in [4.78, 5) is 27.8. The lowest BCUT2D eigenvalue weighted by Gasteiger charge is -2.33. The number of rotatable bonds is 6. The molecule has 1 aromatic carbocycles. The molecule has 1 heterocycles. The maximum Gasteiger partial charge on any atom is 0.223 e. The fraction of sp³-hybridized carbons (Fsp3) is 0.556. The summed E-state index contributed by atoms with van der Waals surface area (Å²) in [6.45, 7) is 9.17. The lowest BCUT2D eigenvalue weighted by atomic mass is 10.2. The molecule has 1 aromatic rings. The number of nitrogens with zero attached hydrogens (tertiary/aromatic N) is 2. The highest BCUT2D eigenvalue weighted by Gasteiger charge is 2.20. The summed E-state index contributed by atoms with van der Waals surface area (Å²) in [6.07, 6.45) is 0. The van der Waals surface area contributed by atoms with Crippen LogP contribution in [0.5, 0.6) is 0 Å². The number of carbonyl (C=O) groups excluding carboxylic acids is 2. The Morgan fingerprint density at radius 3 is 2.54 bits per heavy atom. The van der Waals surface area contributed by atoms with Gasteiger partial charge in [-0.05, 0) is 12.1 Å². The van der Waals surface area contributed by atoms with Crippen LogP contribution in [0.1, 0.15) is 20.8 Å².